The van der Waals surface area contributed by atoms with Crippen molar-refractivity contribution in [2.24, 2.45) is 0 Å². The Balaban J connectivity index is 2.06. The molecule has 0 bridgehead atoms. The van der Waals surface area contributed by atoms with Gasteiger partial charge in [0.1, 0.15) is 6.10 Å². The molecule has 2 aromatic carbocycles. The molecule has 0 aliphatic carbocycles. The van der Waals surface area contributed by atoms with Gasteiger partial charge in [0.25, 0.3) is 0 Å². The molecule has 1 atom stereocenters. The first-order chi connectivity index (χ1) is 9.60. The van der Waals surface area contributed by atoms with E-state index in [1.807, 2.05) is 44.2 Å². The quantitative estimate of drug-likeness (QED) is 0.793. The van der Waals surface area contributed by atoms with Crippen molar-refractivity contribution in [2.45, 2.75) is 20.0 Å². The predicted molar refractivity (Wildman–Crippen MR) is 76.2 cm³/mol. The molecular weight excluding hydrogens is 250 g/mol. The summed E-state index contributed by atoms with van der Waals surface area (Å²) in [5, 5.41) is 8.72. The number of benzene rings is 2. The highest BCUT2D eigenvalue weighted by molar-refractivity contribution is 5.89. The lowest BCUT2D eigenvalue weighted by atomic mass is 10.1. The maximum absolute atomic E-state index is 12.0. The molecule has 0 aromatic heterocycles. The number of aryl methyl sites for hydroxylation is 1. The largest absolute Gasteiger partial charge is 0.454 e. The highest BCUT2D eigenvalue weighted by atomic mass is 16.5. The van der Waals surface area contributed by atoms with Gasteiger partial charge >= 0.3 is 5.97 Å². The van der Waals surface area contributed by atoms with Gasteiger partial charge in [-0.15, -0.1) is 0 Å². The Morgan fingerprint density at radius 1 is 1.10 bits per heavy atom. The Morgan fingerprint density at radius 3 is 2.25 bits per heavy atom. The monoisotopic (exact) mass is 265 g/mol. The van der Waals surface area contributed by atoms with Crippen LogP contribution in [0.4, 0.5) is 0 Å². The lowest BCUT2D eigenvalue weighted by molar-refractivity contribution is 0.0338. The van der Waals surface area contributed by atoms with Gasteiger partial charge < -0.3 is 4.74 Å². The van der Waals surface area contributed by atoms with E-state index in [4.69, 9.17) is 10.00 Å². The second-order valence-corrected chi connectivity index (χ2v) is 4.65. The standard InChI is InChI=1S/C17H15NO2/c1-12-3-7-15(8-4-12)13(2)20-17(19)16-9-5-14(11-18)6-10-16/h3-10,13H,1-2H3. The number of carbonyl (C=O) groups excluding carboxylic acids is 1. The molecule has 3 nitrogen and oxygen atoms in total. The number of nitrogens with zero attached hydrogens (tertiary/aromatic N) is 1. The summed E-state index contributed by atoms with van der Waals surface area (Å²) in [7, 11) is 0. The van der Waals surface area contributed by atoms with Crippen molar-refractivity contribution < 1.29 is 9.53 Å². The van der Waals surface area contributed by atoms with Gasteiger partial charge in [0.15, 0.2) is 0 Å². The number of hydrogen-bond donors (Lipinski definition) is 0. The third-order valence-electron chi connectivity index (χ3n) is 3.08. The van der Waals surface area contributed by atoms with Crippen LogP contribution in [-0.2, 0) is 4.74 Å². The molecule has 1 unspecified atom stereocenters. The van der Waals surface area contributed by atoms with E-state index >= 15 is 0 Å². The number of nitriles is 1. The minimum atomic E-state index is -0.387. The maximum atomic E-state index is 12.0. The minimum Gasteiger partial charge on any atom is -0.454 e. The third-order valence-corrected chi connectivity index (χ3v) is 3.08. The molecule has 20 heavy (non-hydrogen) atoms. The highest BCUT2D eigenvalue weighted by Crippen LogP contribution is 2.19. The summed E-state index contributed by atoms with van der Waals surface area (Å²) in [4.78, 5) is 12.0. The summed E-state index contributed by atoms with van der Waals surface area (Å²) in [5.41, 5.74) is 3.09. The van der Waals surface area contributed by atoms with Gasteiger partial charge in [0.2, 0.25) is 0 Å². The van der Waals surface area contributed by atoms with Gasteiger partial charge in [0.05, 0.1) is 17.2 Å². The van der Waals surface area contributed by atoms with Gasteiger partial charge in [-0.05, 0) is 43.7 Å². The van der Waals surface area contributed by atoms with Crippen molar-refractivity contribution in [1.82, 2.24) is 0 Å². The molecule has 0 spiro atoms. The van der Waals surface area contributed by atoms with Crippen molar-refractivity contribution in [3.63, 3.8) is 0 Å². The Labute approximate surface area is 118 Å². The molecule has 2 aromatic rings. The first-order valence-electron chi connectivity index (χ1n) is 6.38. The summed E-state index contributed by atoms with van der Waals surface area (Å²) in [6.07, 6.45) is -0.307. The Hall–Kier alpha value is -2.60. The molecule has 0 fully saturated rings. The summed E-state index contributed by atoms with van der Waals surface area (Å²) >= 11 is 0. The van der Waals surface area contributed by atoms with Crippen LogP contribution in [0, 0.1) is 18.3 Å². The summed E-state index contributed by atoms with van der Waals surface area (Å²) in [6.45, 7) is 3.85. The van der Waals surface area contributed by atoms with Crippen LogP contribution in [0.5, 0.6) is 0 Å². The van der Waals surface area contributed by atoms with Crippen molar-refractivity contribution in [2.75, 3.05) is 0 Å². The van der Waals surface area contributed by atoms with Crippen LogP contribution in [0.2, 0.25) is 0 Å². The average molecular weight is 265 g/mol. The number of hydrogen-bond acceptors (Lipinski definition) is 3. The fourth-order valence-electron chi connectivity index (χ4n) is 1.81. The Morgan fingerprint density at radius 2 is 1.70 bits per heavy atom. The summed E-state index contributed by atoms with van der Waals surface area (Å²) in [5.74, 6) is -0.387. The summed E-state index contributed by atoms with van der Waals surface area (Å²) < 4.78 is 5.41. The zero-order valence-electron chi connectivity index (χ0n) is 11.5. The van der Waals surface area contributed by atoms with Crippen LogP contribution in [0.3, 0.4) is 0 Å². The zero-order chi connectivity index (χ0) is 14.5. The number of carbonyl (C=O) groups is 1. The lowest BCUT2D eigenvalue weighted by Crippen LogP contribution is -2.09. The molecule has 0 aliphatic rings. The molecule has 0 amide bonds. The molecule has 0 aliphatic heterocycles. The minimum absolute atomic E-state index is 0.307. The van der Waals surface area contributed by atoms with Crippen LogP contribution in [-0.4, -0.2) is 5.97 Å². The highest BCUT2D eigenvalue weighted by Gasteiger charge is 2.13. The second kappa shape index (κ2) is 6.03. The van der Waals surface area contributed by atoms with Crippen molar-refractivity contribution in [3.8, 4) is 6.07 Å². The zero-order valence-corrected chi connectivity index (χ0v) is 11.5. The molecule has 2 rings (SSSR count). The fourth-order valence-corrected chi connectivity index (χ4v) is 1.81. The predicted octanol–water partition coefficient (Wildman–Crippen LogP) is 3.78. The van der Waals surface area contributed by atoms with Crippen molar-refractivity contribution >= 4 is 5.97 Å². The van der Waals surface area contributed by atoms with E-state index in [1.165, 1.54) is 5.56 Å². The van der Waals surface area contributed by atoms with E-state index in [0.717, 1.165) is 5.56 Å². The molecule has 0 N–H and O–H groups in total. The Kier molecular flexibility index (Phi) is 4.17. The van der Waals surface area contributed by atoms with Crippen LogP contribution in [0.15, 0.2) is 48.5 Å². The molecule has 100 valence electrons. The van der Waals surface area contributed by atoms with E-state index in [0.29, 0.717) is 11.1 Å². The first kappa shape index (κ1) is 13.8. The van der Waals surface area contributed by atoms with Crippen molar-refractivity contribution in [1.29, 1.82) is 5.26 Å². The van der Waals surface area contributed by atoms with E-state index in [1.54, 1.807) is 24.3 Å². The van der Waals surface area contributed by atoms with E-state index in [9.17, 15) is 4.79 Å². The second-order valence-electron chi connectivity index (χ2n) is 4.65. The molecule has 3 heteroatoms. The molecule has 0 heterocycles. The van der Waals surface area contributed by atoms with Crippen LogP contribution in [0.25, 0.3) is 0 Å². The van der Waals surface area contributed by atoms with Gasteiger partial charge in [0, 0.05) is 0 Å². The number of rotatable bonds is 3. The maximum Gasteiger partial charge on any atom is 0.338 e. The third kappa shape index (κ3) is 3.24. The van der Waals surface area contributed by atoms with Gasteiger partial charge in [-0.2, -0.15) is 5.26 Å². The van der Waals surface area contributed by atoms with Crippen LogP contribution >= 0.6 is 0 Å². The van der Waals surface area contributed by atoms with E-state index in [-0.39, 0.29) is 12.1 Å². The molecule has 0 saturated carbocycles. The van der Waals surface area contributed by atoms with E-state index in [2.05, 4.69) is 0 Å². The van der Waals surface area contributed by atoms with Gasteiger partial charge in [-0.3, -0.25) is 0 Å². The molecule has 0 saturated heterocycles. The SMILES string of the molecule is Cc1ccc(C(C)OC(=O)c2ccc(C#N)cc2)cc1. The number of ether oxygens (including phenoxy) is 1. The molecule has 0 radical (unpaired) electrons. The summed E-state index contributed by atoms with van der Waals surface area (Å²) in [6, 6.07) is 16.3. The topological polar surface area (TPSA) is 50.1 Å². The van der Waals surface area contributed by atoms with E-state index < -0.39 is 0 Å². The average Bonchev–Trinajstić information content (AvgIpc) is 2.48. The normalized spacial score (nSPS) is 11.4. The molecular formula is C17H15NO2. The van der Waals surface area contributed by atoms with Crippen LogP contribution < -0.4 is 0 Å². The first-order valence-corrected chi connectivity index (χ1v) is 6.38. The Bertz CT molecular complexity index is 636. The van der Waals surface area contributed by atoms with Gasteiger partial charge in [-0.25, -0.2) is 4.79 Å². The van der Waals surface area contributed by atoms with Crippen LogP contribution in [0.1, 0.15) is 40.1 Å². The van der Waals surface area contributed by atoms with Gasteiger partial charge in [-0.1, -0.05) is 29.8 Å². The lowest BCUT2D eigenvalue weighted by Gasteiger charge is -2.13. The number of esters is 1. The fraction of sp³-hybridized carbons (Fsp3) is 0.176. The van der Waals surface area contributed by atoms with Crippen molar-refractivity contribution in [3.05, 3.63) is 70.8 Å². The smallest absolute Gasteiger partial charge is 0.338 e.